The topological polar surface area (TPSA) is 58.6 Å². The van der Waals surface area contributed by atoms with Crippen molar-refractivity contribution in [2.45, 2.75) is 13.3 Å². The molecule has 0 spiro atoms. The van der Waals surface area contributed by atoms with Crippen molar-refractivity contribution in [2.24, 2.45) is 5.92 Å². The zero-order valence-electron chi connectivity index (χ0n) is 16.5. The lowest BCUT2D eigenvalue weighted by Crippen LogP contribution is -2.28. The first-order chi connectivity index (χ1) is 14.5. The number of amides is 2. The lowest BCUT2D eigenvalue weighted by Gasteiger charge is -2.17. The molecule has 3 aromatic carbocycles. The Kier molecular flexibility index (Phi) is 5.86. The molecule has 2 amide bonds. The van der Waals surface area contributed by atoms with Gasteiger partial charge in [-0.05, 0) is 73.2 Å². The van der Waals surface area contributed by atoms with E-state index in [-0.39, 0.29) is 24.2 Å². The minimum atomic E-state index is -0.378. The van der Waals surface area contributed by atoms with Gasteiger partial charge in [-0.15, -0.1) is 0 Å². The van der Waals surface area contributed by atoms with Gasteiger partial charge in [-0.2, -0.15) is 0 Å². The summed E-state index contributed by atoms with van der Waals surface area (Å²) in [6, 6.07) is 22.5. The number of aryl methyl sites for hydroxylation is 1. The maximum atomic E-state index is 12.7. The van der Waals surface area contributed by atoms with Crippen molar-refractivity contribution in [1.29, 1.82) is 0 Å². The molecule has 1 heterocycles. The molecule has 1 atom stereocenters. The minimum Gasteiger partial charge on any atom is -0.457 e. The maximum Gasteiger partial charge on any atom is 0.229 e. The van der Waals surface area contributed by atoms with Gasteiger partial charge in [-0.25, -0.2) is 0 Å². The molecule has 0 radical (unpaired) electrons. The van der Waals surface area contributed by atoms with E-state index in [0.717, 1.165) is 21.5 Å². The van der Waals surface area contributed by atoms with Gasteiger partial charge in [0.05, 0.1) is 5.92 Å². The predicted octanol–water partition coefficient (Wildman–Crippen LogP) is 5.54. The summed E-state index contributed by atoms with van der Waals surface area (Å²) in [4.78, 5) is 26.8. The Morgan fingerprint density at radius 2 is 1.70 bits per heavy atom. The number of halogens is 1. The summed E-state index contributed by atoms with van der Waals surface area (Å²) in [6.07, 6.45) is 0.213. The van der Waals surface area contributed by atoms with E-state index in [1.807, 2.05) is 55.5 Å². The Hall–Kier alpha value is -3.12. The lowest BCUT2D eigenvalue weighted by atomic mass is 10.1. The van der Waals surface area contributed by atoms with E-state index in [1.54, 1.807) is 29.2 Å². The first kappa shape index (κ1) is 20.2. The summed E-state index contributed by atoms with van der Waals surface area (Å²) < 4.78 is 6.78. The molecule has 1 saturated heterocycles. The molecule has 0 bridgehead atoms. The average Bonchev–Trinajstić information content (AvgIpc) is 3.13. The molecule has 0 saturated carbocycles. The lowest BCUT2D eigenvalue weighted by molar-refractivity contribution is -0.122. The number of rotatable bonds is 5. The zero-order valence-corrected chi connectivity index (χ0v) is 18.1. The monoisotopic (exact) mass is 464 g/mol. The SMILES string of the molecule is Cc1cccc(N2C[C@H](C(=O)Nc3ccc(Oc4ccc(Br)cc4)cc3)CC2=O)c1. The smallest absolute Gasteiger partial charge is 0.229 e. The fourth-order valence-electron chi connectivity index (χ4n) is 3.42. The molecule has 1 aliphatic rings. The zero-order chi connectivity index (χ0) is 21.1. The van der Waals surface area contributed by atoms with Gasteiger partial charge in [0.1, 0.15) is 11.5 Å². The number of hydrogen-bond acceptors (Lipinski definition) is 3. The Balaban J connectivity index is 1.37. The van der Waals surface area contributed by atoms with Crippen molar-refractivity contribution >= 4 is 39.1 Å². The van der Waals surface area contributed by atoms with E-state index in [0.29, 0.717) is 18.0 Å². The quantitative estimate of drug-likeness (QED) is 0.538. The summed E-state index contributed by atoms with van der Waals surface area (Å²) in [5.74, 6) is 0.850. The summed E-state index contributed by atoms with van der Waals surface area (Å²) in [6.45, 7) is 2.37. The van der Waals surface area contributed by atoms with Crippen LogP contribution in [0.1, 0.15) is 12.0 Å². The second kappa shape index (κ2) is 8.71. The van der Waals surface area contributed by atoms with E-state index in [4.69, 9.17) is 4.74 Å². The molecule has 1 fully saturated rings. The van der Waals surface area contributed by atoms with E-state index < -0.39 is 0 Å². The molecule has 0 aromatic heterocycles. The summed E-state index contributed by atoms with van der Waals surface area (Å²) in [7, 11) is 0. The van der Waals surface area contributed by atoms with Crippen molar-refractivity contribution in [2.75, 3.05) is 16.8 Å². The first-order valence-electron chi connectivity index (χ1n) is 9.69. The second-order valence-electron chi connectivity index (χ2n) is 7.31. The number of ether oxygens (including phenoxy) is 1. The molecule has 1 aliphatic heterocycles. The molecule has 0 unspecified atom stereocenters. The molecule has 4 rings (SSSR count). The molecule has 6 heteroatoms. The number of nitrogens with zero attached hydrogens (tertiary/aromatic N) is 1. The molecule has 5 nitrogen and oxygen atoms in total. The third kappa shape index (κ3) is 4.71. The summed E-state index contributed by atoms with van der Waals surface area (Å²) >= 11 is 3.40. The number of hydrogen-bond donors (Lipinski definition) is 1. The largest absolute Gasteiger partial charge is 0.457 e. The number of benzene rings is 3. The molecular formula is C24H21BrN2O3. The molecule has 1 N–H and O–H groups in total. The van der Waals surface area contributed by atoms with Crippen molar-refractivity contribution in [3.8, 4) is 11.5 Å². The summed E-state index contributed by atoms with van der Waals surface area (Å²) in [5, 5.41) is 2.91. The third-order valence-corrected chi connectivity index (χ3v) is 5.51. The highest BCUT2D eigenvalue weighted by molar-refractivity contribution is 9.10. The van der Waals surface area contributed by atoms with Crippen molar-refractivity contribution in [3.05, 3.63) is 82.8 Å². The van der Waals surface area contributed by atoms with E-state index in [1.165, 1.54) is 0 Å². The van der Waals surface area contributed by atoms with Gasteiger partial charge in [0.2, 0.25) is 11.8 Å². The molecular weight excluding hydrogens is 444 g/mol. The van der Waals surface area contributed by atoms with Crippen LogP contribution < -0.4 is 15.0 Å². The van der Waals surface area contributed by atoms with Gasteiger partial charge in [0.15, 0.2) is 0 Å². The van der Waals surface area contributed by atoms with Gasteiger partial charge >= 0.3 is 0 Å². The van der Waals surface area contributed by atoms with E-state index in [9.17, 15) is 9.59 Å². The normalized spacial score (nSPS) is 15.9. The van der Waals surface area contributed by atoms with Crippen LogP contribution in [0.15, 0.2) is 77.3 Å². The van der Waals surface area contributed by atoms with Crippen LogP contribution in [0, 0.1) is 12.8 Å². The highest BCUT2D eigenvalue weighted by Gasteiger charge is 2.35. The van der Waals surface area contributed by atoms with Gasteiger partial charge < -0.3 is 15.0 Å². The minimum absolute atomic E-state index is 0.0287. The molecule has 152 valence electrons. The second-order valence-corrected chi connectivity index (χ2v) is 8.23. The van der Waals surface area contributed by atoms with Crippen molar-refractivity contribution in [3.63, 3.8) is 0 Å². The van der Waals surface area contributed by atoms with E-state index >= 15 is 0 Å². The van der Waals surface area contributed by atoms with Gasteiger partial charge in [-0.1, -0.05) is 28.1 Å². The third-order valence-electron chi connectivity index (χ3n) is 4.98. The molecule has 3 aromatic rings. The van der Waals surface area contributed by atoms with Crippen LogP contribution in [0.4, 0.5) is 11.4 Å². The first-order valence-corrected chi connectivity index (χ1v) is 10.5. The summed E-state index contributed by atoms with van der Waals surface area (Å²) in [5.41, 5.74) is 2.59. The van der Waals surface area contributed by atoms with Crippen molar-refractivity contribution in [1.82, 2.24) is 0 Å². The van der Waals surface area contributed by atoms with Crippen LogP contribution in [-0.4, -0.2) is 18.4 Å². The standard InChI is InChI=1S/C24H21BrN2O3/c1-16-3-2-4-20(13-16)27-15-17(14-23(27)28)24(29)26-19-7-11-22(12-8-19)30-21-9-5-18(25)6-10-21/h2-13,17H,14-15H2,1H3,(H,26,29)/t17-/m1/s1. The predicted molar refractivity (Wildman–Crippen MR) is 121 cm³/mol. The van der Waals surface area contributed by atoms with Crippen LogP contribution in [0.2, 0.25) is 0 Å². The highest BCUT2D eigenvalue weighted by atomic mass is 79.9. The van der Waals surface area contributed by atoms with Gasteiger partial charge in [-0.3, -0.25) is 9.59 Å². The number of anilines is 2. The Morgan fingerprint density at radius 3 is 2.37 bits per heavy atom. The van der Waals surface area contributed by atoms with Gasteiger partial charge in [0.25, 0.3) is 0 Å². The maximum absolute atomic E-state index is 12.7. The average molecular weight is 465 g/mol. The van der Waals surface area contributed by atoms with Crippen LogP contribution in [0.25, 0.3) is 0 Å². The molecule has 30 heavy (non-hydrogen) atoms. The Labute approximate surface area is 183 Å². The Bertz CT molecular complexity index is 1060. The fourth-order valence-corrected chi connectivity index (χ4v) is 3.68. The van der Waals surface area contributed by atoms with E-state index in [2.05, 4.69) is 21.2 Å². The van der Waals surface area contributed by atoms with Gasteiger partial charge in [0, 0.05) is 28.8 Å². The van der Waals surface area contributed by atoms with Crippen LogP contribution >= 0.6 is 15.9 Å². The molecule has 0 aliphatic carbocycles. The van der Waals surface area contributed by atoms with Crippen molar-refractivity contribution < 1.29 is 14.3 Å². The number of carbonyl (C=O) groups is 2. The number of nitrogens with one attached hydrogen (secondary N) is 1. The fraction of sp³-hybridized carbons (Fsp3) is 0.167. The Morgan fingerprint density at radius 1 is 1.03 bits per heavy atom. The van der Waals surface area contributed by atoms with Crippen LogP contribution in [0.3, 0.4) is 0 Å². The number of carbonyl (C=O) groups excluding carboxylic acids is 2. The van der Waals surface area contributed by atoms with Crippen LogP contribution in [0.5, 0.6) is 11.5 Å². The van der Waals surface area contributed by atoms with Crippen LogP contribution in [-0.2, 0) is 9.59 Å². The highest BCUT2D eigenvalue weighted by Crippen LogP contribution is 2.28.